The first-order valence-corrected chi connectivity index (χ1v) is 9.05. The average Bonchev–Trinajstić information content (AvgIpc) is 2.72. The van der Waals surface area contributed by atoms with Crippen LogP contribution in [0.1, 0.15) is 0 Å². The molecular weight excluding hydrogens is 365 g/mol. The summed E-state index contributed by atoms with van der Waals surface area (Å²) in [6.07, 6.45) is 0. The molecule has 0 aromatic heterocycles. The molecule has 0 fully saturated rings. The molecule has 6 heteroatoms. The molecule has 3 aromatic rings. The molecule has 0 radical (unpaired) electrons. The summed E-state index contributed by atoms with van der Waals surface area (Å²) >= 11 is 1.46. The Morgan fingerprint density at radius 2 is 1.44 bits per heavy atom. The van der Waals surface area contributed by atoms with Crippen molar-refractivity contribution in [1.29, 1.82) is 0 Å². The van der Waals surface area contributed by atoms with Crippen LogP contribution in [-0.4, -0.2) is 21.3 Å². The fourth-order valence-electron chi connectivity index (χ4n) is 2.64. The second-order valence-corrected chi connectivity index (χ2v) is 6.53. The number of anilines is 1. The highest BCUT2D eigenvalue weighted by Crippen LogP contribution is 2.41. The summed E-state index contributed by atoms with van der Waals surface area (Å²) in [7, 11) is 4.74. The topological polar surface area (TPSA) is 39.7 Å². The minimum Gasteiger partial charge on any atom is -0.493 e. The summed E-state index contributed by atoms with van der Waals surface area (Å²) in [6, 6.07) is 18.2. The third-order valence-corrected chi connectivity index (χ3v) is 4.79. The van der Waals surface area contributed by atoms with Gasteiger partial charge in [0.2, 0.25) is 5.75 Å². The maximum atomic E-state index is 13.1. The van der Waals surface area contributed by atoms with Crippen LogP contribution in [0.4, 0.5) is 10.1 Å². The number of hydrogen-bond acceptors (Lipinski definition) is 5. The maximum Gasteiger partial charge on any atom is 0.203 e. The molecule has 0 atom stereocenters. The van der Waals surface area contributed by atoms with Crippen molar-refractivity contribution in [1.82, 2.24) is 0 Å². The number of benzene rings is 3. The molecule has 0 saturated heterocycles. The SMILES string of the molecule is COc1cc(NSc2cccc(-c3ccc(F)cc3)c2)cc(OC)c1OC. The van der Waals surface area contributed by atoms with Gasteiger partial charge in [-0.15, -0.1) is 0 Å². The Labute approximate surface area is 162 Å². The fourth-order valence-corrected chi connectivity index (χ4v) is 3.33. The van der Waals surface area contributed by atoms with Crippen molar-refractivity contribution in [3.05, 3.63) is 66.5 Å². The molecule has 0 spiro atoms. The summed E-state index contributed by atoms with van der Waals surface area (Å²) < 4.78 is 32.5. The van der Waals surface area contributed by atoms with Crippen LogP contribution in [0.5, 0.6) is 17.2 Å². The number of methoxy groups -OCH3 is 3. The van der Waals surface area contributed by atoms with E-state index in [0.717, 1.165) is 21.7 Å². The van der Waals surface area contributed by atoms with Gasteiger partial charge < -0.3 is 18.9 Å². The molecule has 0 amide bonds. The molecule has 1 N–H and O–H groups in total. The first kappa shape index (κ1) is 18.9. The maximum absolute atomic E-state index is 13.1. The van der Waals surface area contributed by atoms with Crippen LogP contribution < -0.4 is 18.9 Å². The summed E-state index contributed by atoms with van der Waals surface area (Å²) in [5, 5.41) is 0. The summed E-state index contributed by atoms with van der Waals surface area (Å²) in [5.41, 5.74) is 2.81. The van der Waals surface area contributed by atoms with Crippen molar-refractivity contribution < 1.29 is 18.6 Å². The Hall–Kier alpha value is -2.86. The summed E-state index contributed by atoms with van der Waals surface area (Å²) in [6.45, 7) is 0. The van der Waals surface area contributed by atoms with Gasteiger partial charge in [-0.25, -0.2) is 4.39 Å². The highest BCUT2D eigenvalue weighted by molar-refractivity contribution is 8.00. The lowest BCUT2D eigenvalue weighted by Gasteiger charge is -2.15. The van der Waals surface area contributed by atoms with Gasteiger partial charge in [-0.3, -0.25) is 0 Å². The van der Waals surface area contributed by atoms with Crippen LogP contribution in [-0.2, 0) is 0 Å². The Morgan fingerprint density at radius 3 is 2.04 bits per heavy atom. The van der Waals surface area contributed by atoms with E-state index < -0.39 is 0 Å². The third-order valence-electron chi connectivity index (χ3n) is 3.96. The van der Waals surface area contributed by atoms with Gasteiger partial charge in [-0.05, 0) is 47.3 Å². The smallest absolute Gasteiger partial charge is 0.203 e. The van der Waals surface area contributed by atoms with Gasteiger partial charge >= 0.3 is 0 Å². The largest absolute Gasteiger partial charge is 0.493 e. The molecule has 3 rings (SSSR count). The molecule has 0 saturated carbocycles. The molecule has 140 valence electrons. The Bertz CT molecular complexity index is 891. The van der Waals surface area contributed by atoms with Gasteiger partial charge in [-0.1, -0.05) is 24.3 Å². The zero-order valence-corrected chi connectivity index (χ0v) is 16.1. The molecular formula is C21H20FNO3S. The zero-order chi connectivity index (χ0) is 19.2. The van der Waals surface area contributed by atoms with Gasteiger partial charge in [0.15, 0.2) is 11.5 Å². The van der Waals surface area contributed by atoms with E-state index in [9.17, 15) is 4.39 Å². The highest BCUT2D eigenvalue weighted by atomic mass is 32.2. The van der Waals surface area contributed by atoms with Gasteiger partial charge in [0.05, 0.1) is 27.0 Å². The predicted octanol–water partition coefficient (Wildman–Crippen LogP) is 5.64. The number of ether oxygens (including phenoxy) is 3. The number of rotatable bonds is 7. The first-order chi connectivity index (χ1) is 13.1. The van der Waals surface area contributed by atoms with Crippen LogP contribution in [0, 0.1) is 5.82 Å². The van der Waals surface area contributed by atoms with E-state index >= 15 is 0 Å². The second-order valence-electron chi connectivity index (χ2n) is 5.65. The minimum atomic E-state index is -0.242. The lowest BCUT2D eigenvalue weighted by Crippen LogP contribution is -1.97. The standard InChI is InChI=1S/C21H20FNO3S/c1-24-19-12-17(13-20(25-2)21(19)26-3)23-27-18-6-4-5-15(11-18)14-7-9-16(22)10-8-14/h4-13,23H,1-3H3. The first-order valence-electron chi connectivity index (χ1n) is 8.23. The molecule has 0 aliphatic carbocycles. The van der Waals surface area contributed by atoms with E-state index in [1.165, 1.54) is 24.1 Å². The molecule has 0 bridgehead atoms. The van der Waals surface area contributed by atoms with Crippen molar-refractivity contribution >= 4 is 17.6 Å². The quantitative estimate of drug-likeness (QED) is 0.533. The normalized spacial score (nSPS) is 10.4. The van der Waals surface area contributed by atoms with E-state index in [2.05, 4.69) is 4.72 Å². The lowest BCUT2D eigenvalue weighted by molar-refractivity contribution is 0.325. The second kappa shape index (κ2) is 8.68. The van der Waals surface area contributed by atoms with Gasteiger partial charge in [-0.2, -0.15) is 0 Å². The van der Waals surface area contributed by atoms with Gasteiger partial charge in [0.1, 0.15) is 5.82 Å². The monoisotopic (exact) mass is 385 g/mol. The molecule has 0 aliphatic heterocycles. The van der Waals surface area contributed by atoms with Crippen LogP contribution in [0.3, 0.4) is 0 Å². The molecule has 0 unspecified atom stereocenters. The van der Waals surface area contributed by atoms with Gasteiger partial charge in [0.25, 0.3) is 0 Å². The zero-order valence-electron chi connectivity index (χ0n) is 15.3. The van der Waals surface area contributed by atoms with Crippen molar-refractivity contribution in [2.75, 3.05) is 26.1 Å². The molecule has 4 nitrogen and oxygen atoms in total. The number of hydrogen-bond donors (Lipinski definition) is 1. The minimum absolute atomic E-state index is 0.242. The van der Waals surface area contributed by atoms with Crippen LogP contribution >= 0.6 is 11.9 Å². The fraction of sp³-hybridized carbons (Fsp3) is 0.143. The van der Waals surface area contributed by atoms with Crippen molar-refractivity contribution in [2.24, 2.45) is 0 Å². The van der Waals surface area contributed by atoms with Crippen molar-refractivity contribution in [2.45, 2.75) is 4.90 Å². The predicted molar refractivity (Wildman–Crippen MR) is 107 cm³/mol. The van der Waals surface area contributed by atoms with E-state index in [4.69, 9.17) is 14.2 Å². The van der Waals surface area contributed by atoms with Crippen LogP contribution in [0.15, 0.2) is 65.6 Å². The molecule has 3 aromatic carbocycles. The third kappa shape index (κ3) is 4.46. The summed E-state index contributed by atoms with van der Waals surface area (Å²) in [5.74, 6) is 1.47. The van der Waals surface area contributed by atoms with Crippen LogP contribution in [0.2, 0.25) is 0 Å². The summed E-state index contributed by atoms with van der Waals surface area (Å²) in [4.78, 5) is 1.02. The Morgan fingerprint density at radius 1 is 0.778 bits per heavy atom. The number of nitrogens with one attached hydrogen (secondary N) is 1. The number of halogens is 1. The highest BCUT2D eigenvalue weighted by Gasteiger charge is 2.13. The Balaban J connectivity index is 1.79. The Kier molecular flexibility index (Phi) is 6.08. The molecule has 27 heavy (non-hydrogen) atoms. The van der Waals surface area contributed by atoms with E-state index in [1.54, 1.807) is 33.5 Å². The van der Waals surface area contributed by atoms with E-state index in [-0.39, 0.29) is 5.82 Å². The molecule has 0 aliphatic rings. The van der Waals surface area contributed by atoms with Crippen molar-refractivity contribution in [3.63, 3.8) is 0 Å². The lowest BCUT2D eigenvalue weighted by atomic mass is 10.1. The average molecular weight is 385 g/mol. The molecule has 0 heterocycles. The van der Waals surface area contributed by atoms with Crippen molar-refractivity contribution in [3.8, 4) is 28.4 Å². The van der Waals surface area contributed by atoms with Gasteiger partial charge in [0, 0.05) is 17.0 Å². The van der Waals surface area contributed by atoms with E-state index in [1.807, 2.05) is 36.4 Å². The van der Waals surface area contributed by atoms with E-state index in [0.29, 0.717) is 17.2 Å². The van der Waals surface area contributed by atoms with Crippen LogP contribution in [0.25, 0.3) is 11.1 Å².